The van der Waals surface area contributed by atoms with Crippen LogP contribution in [0.15, 0.2) is 48.8 Å². The van der Waals surface area contributed by atoms with E-state index >= 15 is 0 Å². The molecule has 0 bridgehead atoms. The van der Waals surface area contributed by atoms with Gasteiger partial charge in [0.15, 0.2) is 6.61 Å². The van der Waals surface area contributed by atoms with Crippen LogP contribution in [0.5, 0.6) is 5.75 Å². The summed E-state index contributed by atoms with van der Waals surface area (Å²) in [4.78, 5) is 12.3. The molecule has 0 spiro atoms. The smallest absolute Gasteiger partial charge is 0.262 e. The highest BCUT2D eigenvalue weighted by molar-refractivity contribution is 5.92. The molecule has 1 N–H and O–H groups in total. The number of benzene rings is 2. The molecule has 0 unspecified atom stereocenters. The minimum Gasteiger partial charge on any atom is -0.483 e. The maximum atomic E-state index is 12.3. The van der Waals surface area contributed by atoms with Gasteiger partial charge in [0.2, 0.25) is 0 Å². The first-order chi connectivity index (χ1) is 12.5. The van der Waals surface area contributed by atoms with Crippen LogP contribution >= 0.6 is 0 Å². The van der Waals surface area contributed by atoms with Crippen molar-refractivity contribution in [3.05, 3.63) is 59.9 Å². The fraction of sp³-hybridized carbons (Fsp3) is 0.263. The topological polar surface area (TPSA) is 81.9 Å². The predicted molar refractivity (Wildman–Crippen MR) is 98.5 cm³/mol. The Morgan fingerprint density at radius 2 is 2.08 bits per heavy atom. The van der Waals surface area contributed by atoms with Crippen molar-refractivity contribution < 1.29 is 9.53 Å². The summed E-state index contributed by atoms with van der Waals surface area (Å²) in [5, 5.41) is 13.9. The van der Waals surface area contributed by atoms with Gasteiger partial charge >= 0.3 is 0 Å². The molecule has 0 aliphatic carbocycles. The molecule has 0 aliphatic rings. The zero-order valence-electron chi connectivity index (χ0n) is 15.0. The maximum Gasteiger partial charge on any atom is 0.262 e. The third-order valence-electron chi connectivity index (χ3n) is 3.89. The predicted octanol–water partition coefficient (Wildman–Crippen LogP) is 3.11. The molecule has 2 aromatic carbocycles. The Morgan fingerprint density at radius 1 is 1.23 bits per heavy atom. The second-order valence-electron chi connectivity index (χ2n) is 6.34. The molecule has 0 aliphatic heterocycles. The average Bonchev–Trinajstić information content (AvgIpc) is 3.15. The number of hydrogen-bond acceptors (Lipinski definition) is 5. The van der Waals surface area contributed by atoms with Crippen LogP contribution in [-0.2, 0) is 4.79 Å². The van der Waals surface area contributed by atoms with E-state index in [0.29, 0.717) is 11.6 Å². The Kier molecular flexibility index (Phi) is 5.26. The summed E-state index contributed by atoms with van der Waals surface area (Å²) in [6.07, 6.45) is 1.50. The second kappa shape index (κ2) is 7.77. The fourth-order valence-electron chi connectivity index (χ4n) is 2.59. The zero-order valence-corrected chi connectivity index (χ0v) is 15.0. The number of anilines is 1. The van der Waals surface area contributed by atoms with Crippen LogP contribution in [0.25, 0.3) is 5.69 Å². The summed E-state index contributed by atoms with van der Waals surface area (Å²) in [7, 11) is 0. The van der Waals surface area contributed by atoms with E-state index in [2.05, 4.69) is 34.7 Å². The Labute approximate surface area is 152 Å². The van der Waals surface area contributed by atoms with Gasteiger partial charge in [-0.25, -0.2) is 4.68 Å². The highest BCUT2D eigenvalue weighted by atomic mass is 16.5. The van der Waals surface area contributed by atoms with Crippen molar-refractivity contribution in [2.24, 2.45) is 0 Å². The molecule has 1 aromatic heterocycles. The summed E-state index contributed by atoms with van der Waals surface area (Å²) in [6.45, 7) is 6.14. The number of rotatable bonds is 6. The lowest BCUT2D eigenvalue weighted by atomic mass is 10.0. The Morgan fingerprint density at radius 3 is 2.81 bits per heavy atom. The van der Waals surface area contributed by atoms with Gasteiger partial charge in [-0.2, -0.15) is 0 Å². The monoisotopic (exact) mass is 351 g/mol. The van der Waals surface area contributed by atoms with Gasteiger partial charge in [-0.3, -0.25) is 4.79 Å². The zero-order chi connectivity index (χ0) is 18.5. The van der Waals surface area contributed by atoms with E-state index in [1.54, 1.807) is 12.1 Å². The van der Waals surface area contributed by atoms with Crippen molar-refractivity contribution in [3.63, 3.8) is 0 Å². The Bertz CT molecular complexity index is 891. The molecule has 7 nitrogen and oxygen atoms in total. The van der Waals surface area contributed by atoms with Crippen LogP contribution in [0.1, 0.15) is 30.9 Å². The van der Waals surface area contributed by atoms with Crippen LogP contribution in [0.4, 0.5) is 5.69 Å². The summed E-state index contributed by atoms with van der Waals surface area (Å²) < 4.78 is 7.29. The highest BCUT2D eigenvalue weighted by Crippen LogP contribution is 2.27. The molecule has 0 fully saturated rings. The third kappa shape index (κ3) is 4.24. The van der Waals surface area contributed by atoms with Crippen molar-refractivity contribution >= 4 is 11.6 Å². The molecule has 0 radical (unpaired) electrons. The molecule has 0 atom stereocenters. The summed E-state index contributed by atoms with van der Waals surface area (Å²) in [5.41, 5.74) is 3.59. The maximum absolute atomic E-state index is 12.3. The number of aryl methyl sites for hydroxylation is 1. The number of nitrogens with zero attached hydrogens (tertiary/aromatic N) is 4. The summed E-state index contributed by atoms with van der Waals surface area (Å²) in [6, 6.07) is 13.3. The molecule has 1 heterocycles. The first-order valence-electron chi connectivity index (χ1n) is 8.39. The van der Waals surface area contributed by atoms with E-state index in [4.69, 9.17) is 4.74 Å². The minimum atomic E-state index is -0.227. The number of nitrogens with one attached hydrogen (secondary N) is 1. The fourth-order valence-corrected chi connectivity index (χ4v) is 2.59. The SMILES string of the molecule is Cc1ccc(C(C)C)c(OCC(=O)Nc2cccc(-n3cnnn3)c2)c1. The largest absolute Gasteiger partial charge is 0.483 e. The Hall–Kier alpha value is -3.22. The van der Waals surface area contributed by atoms with Crippen molar-refractivity contribution in [2.45, 2.75) is 26.7 Å². The van der Waals surface area contributed by atoms with Crippen molar-refractivity contribution in [3.8, 4) is 11.4 Å². The molecule has 7 heteroatoms. The van der Waals surface area contributed by atoms with Gasteiger partial charge in [0, 0.05) is 5.69 Å². The van der Waals surface area contributed by atoms with E-state index in [1.807, 2.05) is 37.3 Å². The standard InChI is InChI=1S/C19H21N5O2/c1-13(2)17-8-7-14(3)9-18(17)26-11-19(25)21-15-5-4-6-16(10-15)24-12-20-22-23-24/h4-10,12-13H,11H2,1-3H3,(H,21,25). The number of aromatic nitrogens is 4. The van der Waals surface area contributed by atoms with Crippen LogP contribution in [0, 0.1) is 6.92 Å². The first kappa shape index (κ1) is 17.6. The molecule has 3 rings (SSSR count). The van der Waals surface area contributed by atoms with E-state index in [9.17, 15) is 4.79 Å². The van der Waals surface area contributed by atoms with Crippen LogP contribution in [0.2, 0.25) is 0 Å². The molecule has 134 valence electrons. The van der Waals surface area contributed by atoms with Crippen molar-refractivity contribution in [1.82, 2.24) is 20.2 Å². The average molecular weight is 351 g/mol. The lowest BCUT2D eigenvalue weighted by Gasteiger charge is -2.15. The minimum absolute atomic E-state index is 0.0573. The van der Waals surface area contributed by atoms with Gasteiger partial charge in [0.05, 0.1) is 5.69 Å². The molecule has 1 amide bonds. The second-order valence-corrected chi connectivity index (χ2v) is 6.34. The number of tetrazole rings is 1. The van der Waals surface area contributed by atoms with E-state index < -0.39 is 0 Å². The molecule has 0 saturated carbocycles. The van der Waals surface area contributed by atoms with Crippen molar-refractivity contribution in [2.75, 3.05) is 11.9 Å². The molecule has 0 saturated heterocycles. The number of amides is 1. The van der Waals surface area contributed by atoms with Gasteiger partial charge < -0.3 is 10.1 Å². The van der Waals surface area contributed by atoms with Gasteiger partial charge in [-0.1, -0.05) is 32.0 Å². The van der Waals surface area contributed by atoms with E-state index in [0.717, 1.165) is 22.6 Å². The summed E-state index contributed by atoms with van der Waals surface area (Å²) in [5.74, 6) is 0.842. The molecular weight excluding hydrogens is 330 g/mol. The lowest BCUT2D eigenvalue weighted by molar-refractivity contribution is -0.118. The summed E-state index contributed by atoms with van der Waals surface area (Å²) >= 11 is 0. The number of ether oxygens (including phenoxy) is 1. The normalized spacial score (nSPS) is 10.8. The van der Waals surface area contributed by atoms with Gasteiger partial charge in [0.25, 0.3) is 5.91 Å². The number of carbonyl (C=O) groups excluding carboxylic acids is 1. The first-order valence-corrected chi connectivity index (χ1v) is 8.39. The van der Waals surface area contributed by atoms with Gasteiger partial charge in [0.1, 0.15) is 12.1 Å². The Balaban J connectivity index is 1.65. The molecular formula is C19H21N5O2. The lowest BCUT2D eigenvalue weighted by Crippen LogP contribution is -2.20. The highest BCUT2D eigenvalue weighted by Gasteiger charge is 2.11. The van der Waals surface area contributed by atoms with E-state index in [-0.39, 0.29) is 12.5 Å². The van der Waals surface area contributed by atoms with Crippen LogP contribution in [-0.4, -0.2) is 32.7 Å². The van der Waals surface area contributed by atoms with E-state index in [1.165, 1.54) is 11.0 Å². The van der Waals surface area contributed by atoms with Gasteiger partial charge in [-0.05, 0) is 58.7 Å². The number of hydrogen-bond donors (Lipinski definition) is 1. The van der Waals surface area contributed by atoms with Gasteiger partial charge in [-0.15, -0.1) is 5.10 Å². The van der Waals surface area contributed by atoms with Crippen LogP contribution in [0.3, 0.4) is 0 Å². The van der Waals surface area contributed by atoms with Crippen molar-refractivity contribution in [1.29, 1.82) is 0 Å². The molecule has 3 aromatic rings. The third-order valence-corrected chi connectivity index (χ3v) is 3.89. The molecule has 26 heavy (non-hydrogen) atoms. The quantitative estimate of drug-likeness (QED) is 0.738. The number of carbonyl (C=O) groups is 1. The van der Waals surface area contributed by atoms with Crippen LogP contribution < -0.4 is 10.1 Å².